The fourth-order valence-electron chi connectivity index (χ4n) is 2.76. The highest BCUT2D eigenvalue weighted by molar-refractivity contribution is 5.47. The Bertz CT molecular complexity index is 578. The molecule has 1 aliphatic rings. The molecule has 1 fully saturated rings. The van der Waals surface area contributed by atoms with Crippen molar-refractivity contribution >= 4 is 0 Å². The van der Waals surface area contributed by atoms with Gasteiger partial charge in [0.1, 0.15) is 11.5 Å². The Morgan fingerprint density at radius 2 is 2.38 bits per heavy atom. The van der Waals surface area contributed by atoms with Gasteiger partial charge in [-0.2, -0.15) is 4.98 Å². The SMILES string of the molecule is CC(Cc1nc(-c2ccc(F)cn2)no1)C1CCCNC1. The van der Waals surface area contributed by atoms with Crippen LogP contribution in [0.25, 0.3) is 11.5 Å². The highest BCUT2D eigenvalue weighted by Crippen LogP contribution is 2.23. The van der Waals surface area contributed by atoms with Gasteiger partial charge >= 0.3 is 0 Å². The number of piperidine rings is 1. The minimum Gasteiger partial charge on any atom is -0.339 e. The van der Waals surface area contributed by atoms with Crippen molar-refractivity contribution in [2.75, 3.05) is 13.1 Å². The van der Waals surface area contributed by atoms with Gasteiger partial charge in [0.2, 0.25) is 11.7 Å². The molecule has 2 aromatic rings. The van der Waals surface area contributed by atoms with Crippen LogP contribution in [-0.2, 0) is 6.42 Å². The highest BCUT2D eigenvalue weighted by Gasteiger charge is 2.22. The van der Waals surface area contributed by atoms with E-state index in [0.29, 0.717) is 29.2 Å². The van der Waals surface area contributed by atoms with Gasteiger partial charge in [-0.1, -0.05) is 12.1 Å². The highest BCUT2D eigenvalue weighted by atomic mass is 19.1. The summed E-state index contributed by atoms with van der Waals surface area (Å²) in [6.45, 7) is 4.39. The second-order valence-corrected chi connectivity index (χ2v) is 5.66. The predicted octanol–water partition coefficient (Wildman–Crippen LogP) is 2.45. The van der Waals surface area contributed by atoms with E-state index >= 15 is 0 Å². The molecular weight excluding hydrogens is 271 g/mol. The Morgan fingerprint density at radius 3 is 3.10 bits per heavy atom. The smallest absolute Gasteiger partial charge is 0.227 e. The number of nitrogens with one attached hydrogen (secondary N) is 1. The third-order valence-corrected chi connectivity index (χ3v) is 4.06. The Kier molecular flexibility index (Phi) is 4.24. The fraction of sp³-hybridized carbons (Fsp3) is 0.533. The molecule has 112 valence electrons. The molecule has 1 aliphatic heterocycles. The molecular formula is C15H19FN4O. The molecule has 6 heteroatoms. The maximum absolute atomic E-state index is 12.9. The van der Waals surface area contributed by atoms with Crippen molar-refractivity contribution in [2.24, 2.45) is 11.8 Å². The van der Waals surface area contributed by atoms with Crippen molar-refractivity contribution in [1.29, 1.82) is 0 Å². The zero-order valence-corrected chi connectivity index (χ0v) is 12.1. The summed E-state index contributed by atoms with van der Waals surface area (Å²) in [7, 11) is 0. The molecule has 5 nitrogen and oxygen atoms in total. The molecule has 0 amide bonds. The van der Waals surface area contributed by atoms with E-state index in [0.717, 1.165) is 25.7 Å². The number of aromatic nitrogens is 3. The summed E-state index contributed by atoms with van der Waals surface area (Å²) in [5.41, 5.74) is 0.526. The molecule has 0 aliphatic carbocycles. The number of hydrogen-bond donors (Lipinski definition) is 1. The molecule has 21 heavy (non-hydrogen) atoms. The number of pyridine rings is 1. The van der Waals surface area contributed by atoms with Crippen LogP contribution in [0.4, 0.5) is 4.39 Å². The van der Waals surface area contributed by atoms with Crippen LogP contribution < -0.4 is 5.32 Å². The van der Waals surface area contributed by atoms with Crippen LogP contribution in [0.2, 0.25) is 0 Å². The van der Waals surface area contributed by atoms with E-state index in [4.69, 9.17) is 4.52 Å². The van der Waals surface area contributed by atoms with Crippen LogP contribution in [0, 0.1) is 17.7 Å². The maximum Gasteiger partial charge on any atom is 0.227 e. The van der Waals surface area contributed by atoms with Gasteiger partial charge in [-0.15, -0.1) is 0 Å². The van der Waals surface area contributed by atoms with E-state index < -0.39 is 0 Å². The summed E-state index contributed by atoms with van der Waals surface area (Å²) >= 11 is 0. The topological polar surface area (TPSA) is 63.8 Å². The standard InChI is InChI=1S/C15H19FN4O/c1-10(11-3-2-6-17-8-11)7-14-19-15(20-21-14)13-5-4-12(16)9-18-13/h4-5,9-11,17H,2-3,6-8H2,1H3. The first-order chi connectivity index (χ1) is 10.2. The summed E-state index contributed by atoms with van der Waals surface area (Å²) < 4.78 is 18.1. The predicted molar refractivity (Wildman–Crippen MR) is 75.9 cm³/mol. The van der Waals surface area contributed by atoms with Crippen molar-refractivity contribution in [3.8, 4) is 11.5 Å². The minimum atomic E-state index is -0.374. The van der Waals surface area contributed by atoms with E-state index in [9.17, 15) is 4.39 Å². The minimum absolute atomic E-state index is 0.374. The molecule has 0 bridgehead atoms. The number of nitrogens with zero attached hydrogens (tertiary/aromatic N) is 3. The van der Waals surface area contributed by atoms with Crippen LogP contribution in [0.15, 0.2) is 22.9 Å². The molecule has 2 aromatic heterocycles. The van der Waals surface area contributed by atoms with Crippen molar-refractivity contribution in [3.05, 3.63) is 30.0 Å². The average Bonchev–Trinajstić information content (AvgIpc) is 2.97. The molecule has 0 aromatic carbocycles. The van der Waals surface area contributed by atoms with Crippen molar-refractivity contribution in [3.63, 3.8) is 0 Å². The number of hydrogen-bond acceptors (Lipinski definition) is 5. The first-order valence-electron chi connectivity index (χ1n) is 7.37. The van der Waals surface area contributed by atoms with Crippen molar-refractivity contribution < 1.29 is 8.91 Å². The lowest BCUT2D eigenvalue weighted by Gasteiger charge is -2.27. The number of rotatable bonds is 4. The molecule has 1 saturated heterocycles. The first-order valence-corrected chi connectivity index (χ1v) is 7.37. The largest absolute Gasteiger partial charge is 0.339 e. The maximum atomic E-state index is 12.9. The lowest BCUT2D eigenvalue weighted by molar-refractivity contribution is 0.257. The van der Waals surface area contributed by atoms with E-state index in [1.165, 1.54) is 18.9 Å². The summed E-state index contributed by atoms with van der Waals surface area (Å²) in [6, 6.07) is 2.90. The third kappa shape index (κ3) is 3.44. The lowest BCUT2D eigenvalue weighted by Crippen LogP contribution is -2.33. The van der Waals surface area contributed by atoms with Crippen LogP contribution >= 0.6 is 0 Å². The molecule has 0 radical (unpaired) electrons. The summed E-state index contributed by atoms with van der Waals surface area (Å²) in [4.78, 5) is 8.32. The second-order valence-electron chi connectivity index (χ2n) is 5.66. The van der Waals surface area contributed by atoms with Gasteiger partial charge in [-0.05, 0) is 49.9 Å². The molecule has 3 heterocycles. The van der Waals surface area contributed by atoms with Gasteiger partial charge < -0.3 is 9.84 Å². The Labute approximate surface area is 123 Å². The van der Waals surface area contributed by atoms with Crippen molar-refractivity contribution in [1.82, 2.24) is 20.4 Å². The van der Waals surface area contributed by atoms with E-state index in [1.54, 1.807) is 6.07 Å². The molecule has 1 N–H and O–H groups in total. The summed E-state index contributed by atoms with van der Waals surface area (Å²) in [6.07, 6.45) is 4.39. The molecule has 2 unspecified atom stereocenters. The summed E-state index contributed by atoms with van der Waals surface area (Å²) in [5.74, 6) is 1.80. The zero-order chi connectivity index (χ0) is 14.7. The Hall–Kier alpha value is -1.82. The lowest BCUT2D eigenvalue weighted by atomic mass is 9.85. The van der Waals surface area contributed by atoms with Gasteiger partial charge in [-0.25, -0.2) is 9.37 Å². The molecule has 0 spiro atoms. The first kappa shape index (κ1) is 14.1. The van der Waals surface area contributed by atoms with Crippen LogP contribution in [0.3, 0.4) is 0 Å². The molecule has 0 saturated carbocycles. The Morgan fingerprint density at radius 1 is 1.48 bits per heavy atom. The van der Waals surface area contributed by atoms with Gasteiger partial charge in [0.05, 0.1) is 6.20 Å². The van der Waals surface area contributed by atoms with Crippen molar-refractivity contribution in [2.45, 2.75) is 26.2 Å². The Balaban J connectivity index is 1.65. The van der Waals surface area contributed by atoms with Crippen LogP contribution in [-0.4, -0.2) is 28.2 Å². The quantitative estimate of drug-likeness (QED) is 0.937. The third-order valence-electron chi connectivity index (χ3n) is 4.06. The molecule has 3 rings (SSSR count). The van der Waals surface area contributed by atoms with Crippen LogP contribution in [0.1, 0.15) is 25.7 Å². The second kappa shape index (κ2) is 6.30. The average molecular weight is 290 g/mol. The van der Waals surface area contributed by atoms with E-state index in [1.807, 2.05) is 0 Å². The van der Waals surface area contributed by atoms with Crippen LogP contribution in [0.5, 0.6) is 0 Å². The zero-order valence-electron chi connectivity index (χ0n) is 12.1. The van der Waals surface area contributed by atoms with Gasteiger partial charge in [0.15, 0.2) is 0 Å². The van der Waals surface area contributed by atoms with E-state index in [-0.39, 0.29) is 5.82 Å². The molecule has 2 atom stereocenters. The van der Waals surface area contributed by atoms with Gasteiger partial charge in [0, 0.05) is 6.42 Å². The van der Waals surface area contributed by atoms with E-state index in [2.05, 4.69) is 27.4 Å². The van der Waals surface area contributed by atoms with Gasteiger partial charge in [0.25, 0.3) is 0 Å². The van der Waals surface area contributed by atoms with Gasteiger partial charge in [-0.3, -0.25) is 0 Å². The fourth-order valence-corrected chi connectivity index (χ4v) is 2.76. The monoisotopic (exact) mass is 290 g/mol. The normalized spacial score (nSPS) is 20.4. The summed E-state index contributed by atoms with van der Waals surface area (Å²) in [5, 5.41) is 7.35. The number of halogens is 1.